The number of hydrogen-bond donors (Lipinski definition) is 0. The molecule has 1 amide bonds. The highest BCUT2D eigenvalue weighted by Crippen LogP contribution is 2.26. The molecule has 6 nitrogen and oxygen atoms in total. The molecule has 0 bridgehead atoms. The van der Waals surface area contributed by atoms with Crippen molar-refractivity contribution in [2.75, 3.05) is 32.1 Å². The van der Waals surface area contributed by atoms with Gasteiger partial charge in [-0.05, 0) is 30.5 Å². The van der Waals surface area contributed by atoms with Crippen LogP contribution in [0.3, 0.4) is 0 Å². The van der Waals surface area contributed by atoms with Crippen LogP contribution in [0.15, 0.2) is 59.8 Å². The van der Waals surface area contributed by atoms with Crippen molar-refractivity contribution in [3.8, 4) is 5.69 Å². The Bertz CT molecular complexity index is 1000. The van der Waals surface area contributed by atoms with Gasteiger partial charge in [0.15, 0.2) is 5.16 Å². The number of rotatable bonds is 8. The Balaban J connectivity index is 1.45. The molecule has 1 aliphatic heterocycles. The first kappa shape index (κ1) is 21.6. The first-order valence-electron chi connectivity index (χ1n) is 10.7. The molecule has 0 radical (unpaired) electrons. The fourth-order valence-electron chi connectivity index (χ4n) is 3.70. The van der Waals surface area contributed by atoms with Crippen LogP contribution in [-0.2, 0) is 16.0 Å². The number of nitrogens with zero attached hydrogens (tertiary/aromatic N) is 4. The number of morpholine rings is 1. The van der Waals surface area contributed by atoms with E-state index in [0.717, 1.165) is 35.3 Å². The molecular weight excluding hydrogens is 408 g/mol. The average molecular weight is 437 g/mol. The van der Waals surface area contributed by atoms with Gasteiger partial charge in [-0.25, -0.2) is 0 Å². The molecule has 3 aromatic rings. The molecule has 31 heavy (non-hydrogen) atoms. The smallest absolute Gasteiger partial charge is 0.222 e. The maximum Gasteiger partial charge on any atom is 0.222 e. The molecular formula is C24H28N4O2S. The van der Waals surface area contributed by atoms with E-state index in [2.05, 4.69) is 46.0 Å². The summed E-state index contributed by atoms with van der Waals surface area (Å²) in [5, 5.41) is 9.89. The third kappa shape index (κ3) is 5.54. The van der Waals surface area contributed by atoms with Gasteiger partial charge in [0.25, 0.3) is 0 Å². The maximum atomic E-state index is 12.4. The highest BCUT2D eigenvalue weighted by atomic mass is 32.2. The maximum absolute atomic E-state index is 12.4. The van der Waals surface area contributed by atoms with Crippen LogP contribution in [-0.4, -0.2) is 57.6 Å². The number of aromatic nitrogens is 3. The quantitative estimate of drug-likeness (QED) is 0.396. The highest BCUT2D eigenvalue weighted by molar-refractivity contribution is 7.99. The second-order valence-electron chi connectivity index (χ2n) is 7.63. The third-order valence-electron chi connectivity index (χ3n) is 5.39. The number of aryl methyl sites for hydroxylation is 1. The van der Waals surface area contributed by atoms with Gasteiger partial charge in [0.1, 0.15) is 5.82 Å². The van der Waals surface area contributed by atoms with Crippen molar-refractivity contribution >= 4 is 17.7 Å². The molecule has 0 atom stereocenters. The van der Waals surface area contributed by atoms with Gasteiger partial charge in [0, 0.05) is 31.7 Å². The summed E-state index contributed by atoms with van der Waals surface area (Å²) in [4.78, 5) is 14.3. The van der Waals surface area contributed by atoms with Gasteiger partial charge in [-0.15, -0.1) is 10.2 Å². The average Bonchev–Trinajstić information content (AvgIpc) is 3.20. The number of ether oxygens (including phenoxy) is 1. The fourth-order valence-corrected chi connectivity index (χ4v) is 4.60. The standard InChI is InChI=1S/C24H28N4O2S/c1-19-8-5-6-11-21(19)28-22(18-20-9-3-2-4-10-20)25-26-24(28)31-17-7-12-23(29)27-13-15-30-16-14-27/h2-6,8-11H,7,12-18H2,1H3. The lowest BCUT2D eigenvalue weighted by atomic mass is 10.1. The summed E-state index contributed by atoms with van der Waals surface area (Å²) in [7, 11) is 0. The molecule has 7 heteroatoms. The van der Waals surface area contributed by atoms with Crippen LogP contribution in [0.2, 0.25) is 0 Å². The van der Waals surface area contributed by atoms with E-state index in [0.29, 0.717) is 32.7 Å². The van der Waals surface area contributed by atoms with Crippen molar-refractivity contribution in [3.63, 3.8) is 0 Å². The lowest BCUT2D eigenvalue weighted by molar-refractivity contribution is -0.135. The molecule has 0 spiro atoms. The van der Waals surface area contributed by atoms with Gasteiger partial charge in [0.05, 0.1) is 18.9 Å². The van der Waals surface area contributed by atoms with Crippen molar-refractivity contribution < 1.29 is 9.53 Å². The number of benzene rings is 2. The zero-order valence-corrected chi connectivity index (χ0v) is 18.7. The second-order valence-corrected chi connectivity index (χ2v) is 8.69. The summed E-state index contributed by atoms with van der Waals surface area (Å²) in [6, 6.07) is 18.7. The van der Waals surface area contributed by atoms with Gasteiger partial charge in [-0.2, -0.15) is 0 Å². The summed E-state index contributed by atoms with van der Waals surface area (Å²) in [6.07, 6.45) is 2.09. The van der Waals surface area contributed by atoms with E-state index in [9.17, 15) is 4.79 Å². The van der Waals surface area contributed by atoms with E-state index in [1.807, 2.05) is 35.2 Å². The zero-order valence-electron chi connectivity index (χ0n) is 17.9. The molecule has 2 aromatic carbocycles. The molecule has 2 heterocycles. The number of para-hydroxylation sites is 1. The first-order chi connectivity index (χ1) is 15.2. The lowest BCUT2D eigenvalue weighted by Gasteiger charge is -2.26. The van der Waals surface area contributed by atoms with E-state index in [1.165, 1.54) is 11.1 Å². The van der Waals surface area contributed by atoms with Crippen molar-refractivity contribution in [2.24, 2.45) is 0 Å². The Morgan fingerprint density at radius 2 is 1.77 bits per heavy atom. The van der Waals surface area contributed by atoms with Gasteiger partial charge in [-0.1, -0.05) is 60.3 Å². The Kier molecular flexibility index (Phi) is 7.38. The van der Waals surface area contributed by atoms with Crippen molar-refractivity contribution in [3.05, 3.63) is 71.5 Å². The van der Waals surface area contributed by atoms with Crippen LogP contribution in [0.25, 0.3) is 5.69 Å². The summed E-state index contributed by atoms with van der Waals surface area (Å²) in [5.74, 6) is 1.97. The highest BCUT2D eigenvalue weighted by Gasteiger charge is 2.18. The Hall–Kier alpha value is -2.64. The number of carbonyl (C=O) groups excluding carboxylic acids is 1. The van der Waals surface area contributed by atoms with E-state index < -0.39 is 0 Å². The number of carbonyl (C=O) groups is 1. The fraction of sp³-hybridized carbons (Fsp3) is 0.375. The molecule has 162 valence electrons. The molecule has 1 aromatic heterocycles. The van der Waals surface area contributed by atoms with Crippen LogP contribution >= 0.6 is 11.8 Å². The minimum absolute atomic E-state index is 0.217. The molecule has 1 aliphatic rings. The van der Waals surface area contributed by atoms with Crippen molar-refractivity contribution in [2.45, 2.75) is 31.3 Å². The number of hydrogen-bond acceptors (Lipinski definition) is 5. The summed E-state index contributed by atoms with van der Waals surface area (Å²) in [6.45, 7) is 4.80. The lowest BCUT2D eigenvalue weighted by Crippen LogP contribution is -2.40. The van der Waals surface area contributed by atoms with Gasteiger partial charge >= 0.3 is 0 Å². The molecule has 1 saturated heterocycles. The van der Waals surface area contributed by atoms with E-state index in [-0.39, 0.29) is 5.91 Å². The molecule has 4 rings (SSSR count). The predicted molar refractivity (Wildman–Crippen MR) is 123 cm³/mol. The van der Waals surface area contributed by atoms with Crippen LogP contribution in [0.1, 0.15) is 29.8 Å². The summed E-state index contributed by atoms with van der Waals surface area (Å²) < 4.78 is 7.49. The van der Waals surface area contributed by atoms with Crippen LogP contribution in [0.5, 0.6) is 0 Å². The predicted octanol–water partition coefficient (Wildman–Crippen LogP) is 3.90. The molecule has 0 aliphatic carbocycles. The second kappa shape index (κ2) is 10.6. The topological polar surface area (TPSA) is 60.2 Å². The Morgan fingerprint density at radius 1 is 1.03 bits per heavy atom. The minimum Gasteiger partial charge on any atom is -0.378 e. The minimum atomic E-state index is 0.217. The van der Waals surface area contributed by atoms with Gasteiger partial charge < -0.3 is 9.64 Å². The summed E-state index contributed by atoms with van der Waals surface area (Å²) >= 11 is 1.66. The molecule has 0 saturated carbocycles. The van der Waals surface area contributed by atoms with Crippen LogP contribution in [0, 0.1) is 6.92 Å². The zero-order chi connectivity index (χ0) is 21.5. The van der Waals surface area contributed by atoms with E-state index in [1.54, 1.807) is 11.8 Å². The third-order valence-corrected chi connectivity index (χ3v) is 6.41. The molecule has 0 unspecified atom stereocenters. The SMILES string of the molecule is Cc1ccccc1-n1c(Cc2ccccc2)nnc1SCCCC(=O)N1CCOCC1. The largest absolute Gasteiger partial charge is 0.378 e. The first-order valence-corrected chi connectivity index (χ1v) is 11.7. The number of thioether (sulfide) groups is 1. The number of amides is 1. The van der Waals surface area contributed by atoms with Crippen LogP contribution in [0.4, 0.5) is 0 Å². The van der Waals surface area contributed by atoms with Crippen molar-refractivity contribution in [1.82, 2.24) is 19.7 Å². The van der Waals surface area contributed by atoms with E-state index >= 15 is 0 Å². The van der Waals surface area contributed by atoms with Gasteiger partial charge in [-0.3, -0.25) is 9.36 Å². The normalized spacial score (nSPS) is 14.0. The molecule has 0 N–H and O–H groups in total. The Labute approximate surface area is 187 Å². The molecule has 1 fully saturated rings. The van der Waals surface area contributed by atoms with Crippen molar-refractivity contribution in [1.29, 1.82) is 0 Å². The van der Waals surface area contributed by atoms with E-state index in [4.69, 9.17) is 4.74 Å². The monoisotopic (exact) mass is 436 g/mol. The van der Waals surface area contributed by atoms with Crippen LogP contribution < -0.4 is 0 Å². The Morgan fingerprint density at radius 3 is 2.55 bits per heavy atom. The summed E-state index contributed by atoms with van der Waals surface area (Å²) in [5.41, 5.74) is 3.49. The van der Waals surface area contributed by atoms with Gasteiger partial charge in [0.2, 0.25) is 5.91 Å².